The third kappa shape index (κ3) is 2.28. The molecule has 0 fully saturated rings. The molecule has 2 rings (SSSR count). The Morgan fingerprint density at radius 2 is 2.22 bits per heavy atom. The number of thiophene rings is 1. The summed E-state index contributed by atoms with van der Waals surface area (Å²) in [6, 6.07) is 0. The summed E-state index contributed by atoms with van der Waals surface area (Å²) in [5, 5.41) is 1.92. The fraction of sp³-hybridized carbons (Fsp3) is 0.417. The van der Waals surface area contributed by atoms with Crippen molar-refractivity contribution in [2.24, 2.45) is 0 Å². The van der Waals surface area contributed by atoms with E-state index in [0.717, 1.165) is 11.1 Å². The SMILES string of the molecule is Cc1csc2c(=O)n(CCC(=O)N(C)C)cnc12. The van der Waals surface area contributed by atoms with Gasteiger partial charge in [-0.3, -0.25) is 14.2 Å². The fourth-order valence-electron chi connectivity index (χ4n) is 1.66. The van der Waals surface area contributed by atoms with Crippen LogP contribution in [0.4, 0.5) is 0 Å². The minimum atomic E-state index is -0.0651. The van der Waals surface area contributed by atoms with E-state index in [1.165, 1.54) is 27.1 Å². The van der Waals surface area contributed by atoms with Crippen LogP contribution in [0.5, 0.6) is 0 Å². The van der Waals surface area contributed by atoms with Gasteiger partial charge in [0.25, 0.3) is 5.56 Å². The van der Waals surface area contributed by atoms with Crippen LogP contribution in [0.25, 0.3) is 10.2 Å². The highest BCUT2D eigenvalue weighted by Gasteiger charge is 2.10. The lowest BCUT2D eigenvalue weighted by Crippen LogP contribution is -2.26. The normalized spacial score (nSPS) is 10.8. The molecular weight excluding hydrogens is 250 g/mol. The molecule has 0 saturated heterocycles. The molecule has 1 amide bonds. The number of carbonyl (C=O) groups excluding carboxylic acids is 1. The first-order valence-corrected chi connectivity index (χ1v) is 6.52. The Labute approximate surface area is 109 Å². The van der Waals surface area contributed by atoms with Gasteiger partial charge in [0.1, 0.15) is 4.70 Å². The molecule has 0 unspecified atom stereocenters. The molecule has 0 atom stereocenters. The van der Waals surface area contributed by atoms with Crippen molar-refractivity contribution in [1.82, 2.24) is 14.5 Å². The molecule has 0 radical (unpaired) electrons. The van der Waals surface area contributed by atoms with E-state index in [4.69, 9.17) is 0 Å². The van der Waals surface area contributed by atoms with Gasteiger partial charge in [-0.05, 0) is 17.9 Å². The summed E-state index contributed by atoms with van der Waals surface area (Å²) < 4.78 is 2.16. The Balaban J connectivity index is 2.27. The third-order valence-electron chi connectivity index (χ3n) is 2.79. The van der Waals surface area contributed by atoms with Crippen molar-refractivity contribution >= 4 is 27.5 Å². The number of hydrogen-bond donors (Lipinski definition) is 0. The molecule has 5 nitrogen and oxygen atoms in total. The van der Waals surface area contributed by atoms with Crippen molar-refractivity contribution in [2.75, 3.05) is 14.1 Å². The van der Waals surface area contributed by atoms with Crippen molar-refractivity contribution in [1.29, 1.82) is 0 Å². The first-order valence-electron chi connectivity index (χ1n) is 5.64. The highest BCUT2D eigenvalue weighted by atomic mass is 32.1. The van der Waals surface area contributed by atoms with E-state index in [1.807, 2.05) is 12.3 Å². The number of aryl methyl sites for hydroxylation is 2. The molecule has 96 valence electrons. The van der Waals surface area contributed by atoms with E-state index in [2.05, 4.69) is 4.98 Å². The summed E-state index contributed by atoms with van der Waals surface area (Å²) in [4.78, 5) is 29.4. The highest BCUT2D eigenvalue weighted by molar-refractivity contribution is 7.17. The number of carbonyl (C=O) groups is 1. The second kappa shape index (κ2) is 4.89. The molecule has 0 aliphatic rings. The Morgan fingerprint density at radius 1 is 1.50 bits per heavy atom. The van der Waals surface area contributed by atoms with Gasteiger partial charge in [0.05, 0.1) is 11.8 Å². The summed E-state index contributed by atoms with van der Waals surface area (Å²) in [6.07, 6.45) is 1.83. The predicted octanol–water partition coefficient (Wildman–Crippen LogP) is 1.24. The minimum absolute atomic E-state index is 0.00403. The van der Waals surface area contributed by atoms with Gasteiger partial charge in [-0.1, -0.05) is 0 Å². The molecule has 0 bridgehead atoms. The second-order valence-electron chi connectivity index (χ2n) is 4.38. The number of aromatic nitrogens is 2. The van der Waals surface area contributed by atoms with Gasteiger partial charge in [0.15, 0.2) is 0 Å². The molecule has 0 spiro atoms. The fourth-order valence-corrected chi connectivity index (χ4v) is 2.61. The van der Waals surface area contributed by atoms with Crippen LogP contribution in [0.2, 0.25) is 0 Å². The molecule has 0 aliphatic carbocycles. The van der Waals surface area contributed by atoms with E-state index >= 15 is 0 Å². The lowest BCUT2D eigenvalue weighted by atomic mass is 10.3. The number of hydrogen-bond acceptors (Lipinski definition) is 4. The summed E-state index contributed by atoms with van der Waals surface area (Å²) in [6.45, 7) is 2.31. The van der Waals surface area contributed by atoms with Gasteiger partial charge >= 0.3 is 0 Å². The average molecular weight is 265 g/mol. The average Bonchev–Trinajstić information content (AvgIpc) is 2.70. The van der Waals surface area contributed by atoms with Gasteiger partial charge in [-0.15, -0.1) is 11.3 Å². The molecule has 2 aromatic heterocycles. The maximum Gasteiger partial charge on any atom is 0.271 e. The van der Waals surface area contributed by atoms with Crippen molar-refractivity contribution in [2.45, 2.75) is 19.9 Å². The van der Waals surface area contributed by atoms with E-state index in [-0.39, 0.29) is 11.5 Å². The van der Waals surface area contributed by atoms with E-state index in [1.54, 1.807) is 14.1 Å². The maximum atomic E-state index is 12.1. The van der Waals surface area contributed by atoms with Crippen LogP contribution in [0.15, 0.2) is 16.5 Å². The van der Waals surface area contributed by atoms with Crippen LogP contribution in [0.1, 0.15) is 12.0 Å². The van der Waals surface area contributed by atoms with Crippen molar-refractivity contribution in [3.63, 3.8) is 0 Å². The second-order valence-corrected chi connectivity index (χ2v) is 5.26. The van der Waals surface area contributed by atoms with E-state index < -0.39 is 0 Å². The topological polar surface area (TPSA) is 55.2 Å². The molecule has 18 heavy (non-hydrogen) atoms. The van der Waals surface area contributed by atoms with Crippen molar-refractivity contribution in [3.05, 3.63) is 27.6 Å². The lowest BCUT2D eigenvalue weighted by Gasteiger charge is -2.10. The monoisotopic (exact) mass is 265 g/mol. The van der Waals surface area contributed by atoms with Crippen LogP contribution >= 0.6 is 11.3 Å². The third-order valence-corrected chi connectivity index (χ3v) is 3.86. The standard InChI is InChI=1S/C12H15N3O2S/c1-8-6-18-11-10(8)13-7-15(12(11)17)5-4-9(16)14(2)3/h6-7H,4-5H2,1-3H3. The van der Waals surface area contributed by atoms with Gasteiger partial charge in [-0.2, -0.15) is 0 Å². The summed E-state index contributed by atoms with van der Waals surface area (Å²) in [5.41, 5.74) is 1.72. The molecule has 2 heterocycles. The Kier molecular flexibility index (Phi) is 3.47. The number of amides is 1. The van der Waals surface area contributed by atoms with Gasteiger partial charge in [-0.25, -0.2) is 4.98 Å². The minimum Gasteiger partial charge on any atom is -0.349 e. The van der Waals surface area contributed by atoms with Gasteiger partial charge in [0.2, 0.25) is 5.91 Å². The zero-order valence-corrected chi connectivity index (χ0v) is 11.5. The Hall–Kier alpha value is -1.69. The zero-order valence-electron chi connectivity index (χ0n) is 10.6. The summed E-state index contributed by atoms with van der Waals surface area (Å²) in [7, 11) is 3.41. The summed E-state index contributed by atoms with van der Waals surface area (Å²) in [5.74, 6) is 0.00403. The van der Waals surface area contributed by atoms with Crippen LogP contribution in [-0.4, -0.2) is 34.5 Å². The molecular formula is C12H15N3O2S. The predicted molar refractivity (Wildman–Crippen MR) is 71.9 cm³/mol. The Morgan fingerprint density at radius 3 is 2.89 bits per heavy atom. The van der Waals surface area contributed by atoms with Crippen LogP contribution in [0.3, 0.4) is 0 Å². The molecule has 0 N–H and O–H groups in total. The summed E-state index contributed by atoms with van der Waals surface area (Å²) >= 11 is 1.40. The quantitative estimate of drug-likeness (QED) is 0.839. The van der Waals surface area contributed by atoms with Gasteiger partial charge < -0.3 is 4.90 Å². The van der Waals surface area contributed by atoms with Crippen molar-refractivity contribution < 1.29 is 4.79 Å². The largest absolute Gasteiger partial charge is 0.349 e. The maximum absolute atomic E-state index is 12.1. The van der Waals surface area contributed by atoms with Crippen LogP contribution in [-0.2, 0) is 11.3 Å². The van der Waals surface area contributed by atoms with Crippen molar-refractivity contribution in [3.8, 4) is 0 Å². The first-order chi connectivity index (χ1) is 8.50. The molecule has 0 aliphatic heterocycles. The number of fused-ring (bicyclic) bond motifs is 1. The number of rotatable bonds is 3. The molecule has 0 aromatic carbocycles. The molecule has 0 saturated carbocycles. The molecule has 2 aromatic rings. The van der Waals surface area contributed by atoms with E-state index in [9.17, 15) is 9.59 Å². The lowest BCUT2D eigenvalue weighted by molar-refractivity contribution is -0.128. The molecule has 6 heteroatoms. The van der Waals surface area contributed by atoms with Crippen LogP contribution < -0.4 is 5.56 Å². The van der Waals surface area contributed by atoms with E-state index in [0.29, 0.717) is 17.7 Å². The highest BCUT2D eigenvalue weighted by Crippen LogP contribution is 2.19. The first kappa shape index (κ1) is 12.8. The van der Waals surface area contributed by atoms with Gasteiger partial charge in [0, 0.05) is 27.1 Å². The smallest absolute Gasteiger partial charge is 0.271 e. The Bertz CT molecular complexity index is 642. The number of nitrogens with zero attached hydrogens (tertiary/aromatic N) is 3. The zero-order chi connectivity index (χ0) is 13.3. The van der Waals surface area contributed by atoms with Crippen LogP contribution in [0, 0.1) is 6.92 Å².